The van der Waals surface area contributed by atoms with Crippen molar-refractivity contribution in [2.24, 2.45) is 5.14 Å². The summed E-state index contributed by atoms with van der Waals surface area (Å²) in [6.07, 6.45) is 0. The molecule has 0 fully saturated rings. The maximum Gasteiger partial charge on any atom is 0.271 e. The lowest BCUT2D eigenvalue weighted by molar-refractivity contribution is -0.385. The Labute approximate surface area is 134 Å². The Morgan fingerprint density at radius 3 is 2.48 bits per heavy atom. The zero-order valence-corrected chi connectivity index (χ0v) is 13.4. The molecule has 0 amide bonds. The van der Waals surface area contributed by atoms with Gasteiger partial charge in [0.2, 0.25) is 10.0 Å². The molecule has 0 unspecified atom stereocenters. The first kappa shape index (κ1) is 15.7. The molecule has 2 aromatic carbocycles. The molecule has 2 N–H and O–H groups in total. The molecule has 0 spiro atoms. The highest BCUT2D eigenvalue weighted by Crippen LogP contribution is 2.31. The highest BCUT2D eigenvalue weighted by atomic mass is 127. The highest BCUT2D eigenvalue weighted by Gasteiger charge is 2.20. The van der Waals surface area contributed by atoms with Gasteiger partial charge in [0.05, 0.1) is 4.92 Å². The molecule has 2 rings (SSSR count). The third-order valence-electron chi connectivity index (χ3n) is 2.47. The first-order valence-corrected chi connectivity index (χ1v) is 8.14. The van der Waals surface area contributed by atoms with E-state index in [1.807, 2.05) is 6.07 Å². The first-order chi connectivity index (χ1) is 9.77. The van der Waals surface area contributed by atoms with Gasteiger partial charge in [0.15, 0.2) is 0 Å². The van der Waals surface area contributed by atoms with Crippen molar-refractivity contribution in [1.29, 1.82) is 0 Å². The van der Waals surface area contributed by atoms with Gasteiger partial charge in [-0.15, -0.1) is 0 Å². The van der Waals surface area contributed by atoms with Gasteiger partial charge in [-0.05, 0) is 46.9 Å². The molecule has 2 aromatic rings. The van der Waals surface area contributed by atoms with Crippen LogP contribution in [0.15, 0.2) is 47.4 Å². The fourth-order valence-corrected chi connectivity index (χ4v) is 2.76. The van der Waals surface area contributed by atoms with Crippen LogP contribution in [-0.4, -0.2) is 13.3 Å². The number of halogens is 1. The average molecular weight is 420 g/mol. The van der Waals surface area contributed by atoms with Crippen LogP contribution in [0.1, 0.15) is 0 Å². The smallest absolute Gasteiger partial charge is 0.271 e. The van der Waals surface area contributed by atoms with E-state index in [-0.39, 0.29) is 11.4 Å². The molecule has 0 aliphatic carbocycles. The van der Waals surface area contributed by atoms with E-state index in [4.69, 9.17) is 9.88 Å². The van der Waals surface area contributed by atoms with Gasteiger partial charge in [0, 0.05) is 15.7 Å². The van der Waals surface area contributed by atoms with Crippen molar-refractivity contribution in [3.63, 3.8) is 0 Å². The van der Waals surface area contributed by atoms with Crippen LogP contribution >= 0.6 is 22.6 Å². The molecule has 110 valence electrons. The molecule has 9 heteroatoms. The van der Waals surface area contributed by atoms with E-state index < -0.39 is 19.8 Å². The van der Waals surface area contributed by atoms with E-state index >= 15 is 0 Å². The van der Waals surface area contributed by atoms with E-state index in [1.54, 1.807) is 18.2 Å². The number of nitrogens with two attached hydrogens (primary N) is 1. The number of non-ortho nitro benzene ring substituents is 1. The quantitative estimate of drug-likeness (QED) is 0.464. The second-order valence-electron chi connectivity index (χ2n) is 3.99. The monoisotopic (exact) mass is 420 g/mol. The predicted molar refractivity (Wildman–Crippen MR) is 83.7 cm³/mol. The summed E-state index contributed by atoms with van der Waals surface area (Å²) in [7, 11) is -4.15. The summed E-state index contributed by atoms with van der Waals surface area (Å²) >= 11 is 2.07. The number of benzene rings is 2. The van der Waals surface area contributed by atoms with Crippen molar-refractivity contribution in [2.45, 2.75) is 4.90 Å². The van der Waals surface area contributed by atoms with Crippen molar-refractivity contribution in [3.8, 4) is 11.5 Å². The molecule has 7 nitrogen and oxygen atoms in total. The minimum Gasteiger partial charge on any atom is -0.456 e. The summed E-state index contributed by atoms with van der Waals surface area (Å²) in [5.74, 6) is 0.339. The Morgan fingerprint density at radius 1 is 1.19 bits per heavy atom. The van der Waals surface area contributed by atoms with Crippen LogP contribution in [0.25, 0.3) is 0 Å². The number of hydrogen-bond donors (Lipinski definition) is 1. The Hall–Kier alpha value is -1.72. The van der Waals surface area contributed by atoms with Crippen LogP contribution in [0.5, 0.6) is 11.5 Å². The maximum absolute atomic E-state index is 11.6. The third kappa shape index (κ3) is 3.89. The lowest BCUT2D eigenvalue weighted by Gasteiger charge is -2.10. The van der Waals surface area contributed by atoms with Gasteiger partial charge < -0.3 is 4.74 Å². The molecule has 0 aliphatic heterocycles. The van der Waals surface area contributed by atoms with Gasteiger partial charge >= 0.3 is 0 Å². The van der Waals surface area contributed by atoms with Crippen LogP contribution < -0.4 is 9.88 Å². The molecule has 0 heterocycles. The summed E-state index contributed by atoms with van der Waals surface area (Å²) < 4.78 is 29.5. The third-order valence-corrected chi connectivity index (χ3v) is 4.07. The van der Waals surface area contributed by atoms with Gasteiger partial charge in [-0.1, -0.05) is 6.07 Å². The molecular weight excluding hydrogens is 411 g/mol. The lowest BCUT2D eigenvalue weighted by atomic mass is 10.3. The van der Waals surface area contributed by atoms with Crippen molar-refractivity contribution in [2.75, 3.05) is 0 Å². The molecule has 21 heavy (non-hydrogen) atoms. The predicted octanol–water partition coefficient (Wildman–Crippen LogP) is 2.64. The summed E-state index contributed by atoms with van der Waals surface area (Å²) in [4.78, 5) is 9.58. The molecular formula is C12H9IN2O5S. The summed E-state index contributed by atoms with van der Waals surface area (Å²) in [6, 6.07) is 10.1. The zero-order chi connectivity index (χ0) is 15.6. The van der Waals surface area contributed by atoms with Crippen LogP contribution in [0.4, 0.5) is 5.69 Å². The van der Waals surface area contributed by atoms with Crippen LogP contribution in [-0.2, 0) is 10.0 Å². The van der Waals surface area contributed by atoms with Gasteiger partial charge in [-0.3, -0.25) is 10.1 Å². The Balaban J connectivity index is 2.51. The second-order valence-corrected chi connectivity index (χ2v) is 6.77. The molecule has 0 bridgehead atoms. The van der Waals surface area contributed by atoms with Gasteiger partial charge in [-0.25, -0.2) is 13.6 Å². The minimum atomic E-state index is -4.15. The van der Waals surface area contributed by atoms with E-state index in [1.165, 1.54) is 6.07 Å². The number of nitrogens with zero attached hydrogens (tertiary/aromatic N) is 1. The van der Waals surface area contributed by atoms with E-state index in [0.29, 0.717) is 5.75 Å². The number of rotatable bonds is 4. The van der Waals surface area contributed by atoms with Crippen molar-refractivity contribution < 1.29 is 18.1 Å². The second kappa shape index (κ2) is 5.95. The summed E-state index contributed by atoms with van der Waals surface area (Å²) in [6.45, 7) is 0. The van der Waals surface area contributed by atoms with E-state index in [9.17, 15) is 18.5 Å². The molecule has 0 atom stereocenters. The Kier molecular flexibility index (Phi) is 4.44. The Bertz CT molecular complexity index is 807. The van der Waals surface area contributed by atoms with Gasteiger partial charge in [-0.2, -0.15) is 0 Å². The van der Waals surface area contributed by atoms with Crippen LogP contribution in [0, 0.1) is 13.7 Å². The van der Waals surface area contributed by atoms with Gasteiger partial charge in [0.1, 0.15) is 16.4 Å². The van der Waals surface area contributed by atoms with Crippen molar-refractivity contribution in [1.82, 2.24) is 0 Å². The molecule has 0 radical (unpaired) electrons. The molecule has 0 saturated carbocycles. The van der Waals surface area contributed by atoms with Crippen molar-refractivity contribution >= 4 is 38.3 Å². The molecule has 0 aromatic heterocycles. The maximum atomic E-state index is 11.6. The zero-order valence-electron chi connectivity index (χ0n) is 10.4. The lowest BCUT2D eigenvalue weighted by Crippen LogP contribution is -2.13. The topological polar surface area (TPSA) is 113 Å². The van der Waals surface area contributed by atoms with E-state index in [0.717, 1.165) is 15.7 Å². The minimum absolute atomic E-state index is 0.0647. The first-order valence-electron chi connectivity index (χ1n) is 5.52. The normalized spacial score (nSPS) is 11.1. The van der Waals surface area contributed by atoms with Crippen molar-refractivity contribution in [3.05, 3.63) is 56.1 Å². The largest absolute Gasteiger partial charge is 0.456 e. The SMILES string of the molecule is NS(=O)(=O)c1cc([N+](=O)[O-])ccc1Oc1cccc(I)c1. The average Bonchev–Trinajstić information content (AvgIpc) is 2.37. The number of hydrogen-bond acceptors (Lipinski definition) is 5. The van der Waals surface area contributed by atoms with Gasteiger partial charge in [0.25, 0.3) is 5.69 Å². The number of nitro groups is 1. The fraction of sp³-hybridized carbons (Fsp3) is 0. The number of primary sulfonamides is 1. The molecule has 0 aliphatic rings. The number of sulfonamides is 1. The highest BCUT2D eigenvalue weighted by molar-refractivity contribution is 14.1. The van der Waals surface area contributed by atoms with Crippen LogP contribution in [0.3, 0.4) is 0 Å². The van der Waals surface area contributed by atoms with Crippen LogP contribution in [0.2, 0.25) is 0 Å². The van der Waals surface area contributed by atoms with E-state index in [2.05, 4.69) is 22.6 Å². The summed E-state index contributed by atoms with van der Waals surface area (Å²) in [5.41, 5.74) is -0.381. The Morgan fingerprint density at radius 2 is 1.90 bits per heavy atom. The standard InChI is InChI=1S/C12H9IN2O5S/c13-8-2-1-3-10(6-8)20-11-5-4-9(15(16)17)7-12(11)21(14,18)19/h1-7H,(H2,14,18,19). The fourth-order valence-electron chi connectivity index (χ4n) is 1.57. The molecule has 0 saturated heterocycles. The summed E-state index contributed by atoms with van der Waals surface area (Å²) in [5, 5.41) is 15.8. The number of nitro benzene ring substituents is 1. The number of ether oxygens (including phenoxy) is 1.